The summed E-state index contributed by atoms with van der Waals surface area (Å²) in [5, 5.41) is 0. The van der Waals surface area contributed by atoms with Crippen molar-refractivity contribution in [3.8, 4) is 0 Å². The summed E-state index contributed by atoms with van der Waals surface area (Å²) in [7, 11) is 0. The van der Waals surface area contributed by atoms with Gasteiger partial charge < -0.3 is 0 Å². The second-order valence-electron chi connectivity index (χ2n) is 3.17. The highest BCUT2D eigenvalue weighted by Crippen LogP contribution is 2.11. The normalized spacial score (nSPS) is 17.5. The molecule has 0 saturated heterocycles. The van der Waals surface area contributed by atoms with Crippen LogP contribution in [0.1, 0.15) is 33.1 Å². The van der Waals surface area contributed by atoms with Crippen molar-refractivity contribution in [2.24, 2.45) is 0 Å². The molecule has 0 N–H and O–H groups in total. The highest BCUT2D eigenvalue weighted by atomic mass is 16.1. The van der Waals surface area contributed by atoms with Gasteiger partial charge in [-0.05, 0) is 44.8 Å². The first-order valence-corrected chi connectivity index (χ1v) is 4.34. The summed E-state index contributed by atoms with van der Waals surface area (Å²) in [5.74, 6) is 0.104. The molecule has 1 heteroatoms. The zero-order valence-electron chi connectivity index (χ0n) is 7.68. The fourth-order valence-corrected chi connectivity index (χ4v) is 1.23. The van der Waals surface area contributed by atoms with Gasteiger partial charge in [-0.25, -0.2) is 0 Å². The lowest BCUT2D eigenvalue weighted by molar-refractivity contribution is -0.113. The van der Waals surface area contributed by atoms with Crippen molar-refractivity contribution >= 4 is 5.78 Å². The van der Waals surface area contributed by atoms with Crippen molar-refractivity contribution in [3.05, 3.63) is 29.0 Å². The van der Waals surface area contributed by atoms with Crippen molar-refractivity contribution in [2.45, 2.75) is 33.1 Å². The third kappa shape index (κ3) is 2.52. The van der Waals surface area contributed by atoms with E-state index in [2.05, 4.69) is 11.8 Å². The summed E-state index contributed by atoms with van der Waals surface area (Å²) >= 11 is 0. The molecule has 12 heavy (non-hydrogen) atoms. The maximum Gasteiger partial charge on any atom is 0.167 e. The van der Waals surface area contributed by atoms with Crippen LogP contribution in [-0.4, -0.2) is 5.78 Å². The van der Waals surface area contributed by atoms with Gasteiger partial charge in [0, 0.05) is 0 Å². The van der Waals surface area contributed by atoms with Crippen LogP contribution >= 0.6 is 0 Å². The molecule has 0 aliphatic heterocycles. The SMILES string of the molecule is CC(=O)C1=C=C(C)CCCC=C1. The van der Waals surface area contributed by atoms with E-state index in [0.717, 1.165) is 12.8 Å². The molecule has 1 aliphatic rings. The Labute approximate surface area is 73.5 Å². The molecule has 0 atom stereocenters. The molecule has 0 saturated carbocycles. The number of hydrogen-bond acceptors (Lipinski definition) is 1. The van der Waals surface area contributed by atoms with E-state index in [9.17, 15) is 4.79 Å². The van der Waals surface area contributed by atoms with Crippen LogP contribution in [-0.2, 0) is 4.79 Å². The minimum absolute atomic E-state index is 0.104. The Hall–Kier alpha value is -1.07. The highest BCUT2D eigenvalue weighted by molar-refractivity contribution is 5.95. The monoisotopic (exact) mass is 162 g/mol. The molecule has 0 amide bonds. The van der Waals surface area contributed by atoms with Gasteiger partial charge >= 0.3 is 0 Å². The first-order chi connectivity index (χ1) is 5.70. The van der Waals surface area contributed by atoms with E-state index in [-0.39, 0.29) is 5.78 Å². The van der Waals surface area contributed by atoms with E-state index in [0.29, 0.717) is 5.57 Å². The van der Waals surface area contributed by atoms with Gasteiger partial charge in [-0.1, -0.05) is 6.08 Å². The Morgan fingerprint density at radius 1 is 1.58 bits per heavy atom. The predicted octanol–water partition coefficient (Wildman–Crippen LogP) is 2.79. The topological polar surface area (TPSA) is 17.1 Å². The molecule has 0 spiro atoms. The van der Waals surface area contributed by atoms with E-state index in [1.165, 1.54) is 12.0 Å². The number of hydrogen-bond donors (Lipinski definition) is 0. The van der Waals surface area contributed by atoms with E-state index in [1.54, 1.807) is 6.92 Å². The van der Waals surface area contributed by atoms with Crippen LogP contribution in [0.25, 0.3) is 0 Å². The molecule has 0 radical (unpaired) electrons. The first kappa shape index (κ1) is 9.02. The fraction of sp³-hybridized carbons (Fsp3) is 0.455. The van der Waals surface area contributed by atoms with Gasteiger partial charge in [0.1, 0.15) is 0 Å². The molecular formula is C11H14O. The Balaban J connectivity index is 3.04. The molecule has 0 heterocycles. The Kier molecular flexibility index (Phi) is 3.07. The van der Waals surface area contributed by atoms with Gasteiger partial charge in [-0.3, -0.25) is 4.79 Å². The molecule has 0 fully saturated rings. The molecule has 0 aromatic rings. The van der Waals surface area contributed by atoms with E-state index >= 15 is 0 Å². The number of rotatable bonds is 1. The maximum absolute atomic E-state index is 11.0. The number of allylic oxidation sites excluding steroid dienone is 3. The summed E-state index contributed by atoms with van der Waals surface area (Å²) in [6, 6.07) is 0. The molecular weight excluding hydrogens is 148 g/mol. The second-order valence-corrected chi connectivity index (χ2v) is 3.17. The van der Waals surface area contributed by atoms with Crippen molar-refractivity contribution < 1.29 is 4.79 Å². The summed E-state index contributed by atoms with van der Waals surface area (Å²) in [6.07, 6.45) is 7.22. The average Bonchev–Trinajstić information content (AvgIpc) is 1.95. The standard InChI is InChI=1S/C11H14O/c1-9-6-4-3-5-7-11(8-9)10(2)12/h5,7H,3-4,6H2,1-2H3. The molecule has 64 valence electrons. The maximum atomic E-state index is 11.0. The van der Waals surface area contributed by atoms with Crippen LogP contribution in [0, 0.1) is 0 Å². The van der Waals surface area contributed by atoms with Crippen molar-refractivity contribution in [3.63, 3.8) is 0 Å². The van der Waals surface area contributed by atoms with Gasteiger partial charge in [0.05, 0.1) is 5.57 Å². The molecule has 1 nitrogen and oxygen atoms in total. The number of carbonyl (C=O) groups is 1. The van der Waals surface area contributed by atoms with Crippen LogP contribution in [0.2, 0.25) is 0 Å². The number of Topliss-reactive ketones (excluding diaryl/α,β-unsaturated/α-hetero) is 1. The van der Waals surface area contributed by atoms with Crippen molar-refractivity contribution in [1.82, 2.24) is 0 Å². The molecule has 0 bridgehead atoms. The molecule has 0 unspecified atom stereocenters. The lowest BCUT2D eigenvalue weighted by Gasteiger charge is -2.00. The number of ketones is 1. The lowest BCUT2D eigenvalue weighted by atomic mass is 10.0. The quantitative estimate of drug-likeness (QED) is 0.542. The Morgan fingerprint density at radius 2 is 2.33 bits per heavy atom. The summed E-state index contributed by atoms with van der Waals surface area (Å²) in [6.45, 7) is 3.61. The van der Waals surface area contributed by atoms with E-state index in [4.69, 9.17) is 0 Å². The minimum atomic E-state index is 0.104. The predicted molar refractivity (Wildman–Crippen MR) is 49.9 cm³/mol. The Morgan fingerprint density at radius 3 is 3.00 bits per heavy atom. The minimum Gasteiger partial charge on any atom is -0.294 e. The van der Waals surface area contributed by atoms with E-state index in [1.807, 2.05) is 13.0 Å². The second kappa shape index (κ2) is 4.08. The molecule has 0 aromatic heterocycles. The van der Waals surface area contributed by atoms with Crippen molar-refractivity contribution in [1.29, 1.82) is 0 Å². The largest absolute Gasteiger partial charge is 0.294 e. The van der Waals surface area contributed by atoms with E-state index < -0.39 is 0 Å². The third-order valence-electron chi connectivity index (χ3n) is 1.93. The smallest absolute Gasteiger partial charge is 0.167 e. The van der Waals surface area contributed by atoms with Crippen LogP contribution < -0.4 is 0 Å². The van der Waals surface area contributed by atoms with Crippen LogP contribution in [0.3, 0.4) is 0 Å². The summed E-state index contributed by atoms with van der Waals surface area (Å²) < 4.78 is 0. The fourth-order valence-electron chi connectivity index (χ4n) is 1.23. The number of carbonyl (C=O) groups excluding carboxylic acids is 1. The zero-order chi connectivity index (χ0) is 8.97. The molecule has 1 aliphatic carbocycles. The molecule has 1 rings (SSSR count). The van der Waals surface area contributed by atoms with Gasteiger partial charge in [-0.15, -0.1) is 5.73 Å². The van der Waals surface area contributed by atoms with Crippen LogP contribution in [0.5, 0.6) is 0 Å². The third-order valence-corrected chi connectivity index (χ3v) is 1.93. The van der Waals surface area contributed by atoms with Crippen LogP contribution in [0.15, 0.2) is 29.0 Å². The van der Waals surface area contributed by atoms with Crippen molar-refractivity contribution in [2.75, 3.05) is 0 Å². The summed E-state index contributed by atoms with van der Waals surface area (Å²) in [5.41, 5.74) is 5.02. The zero-order valence-corrected chi connectivity index (χ0v) is 7.68. The van der Waals surface area contributed by atoms with Gasteiger partial charge in [0.25, 0.3) is 0 Å². The van der Waals surface area contributed by atoms with Crippen LogP contribution in [0.4, 0.5) is 0 Å². The highest BCUT2D eigenvalue weighted by Gasteiger charge is 2.00. The molecule has 0 aromatic carbocycles. The first-order valence-electron chi connectivity index (χ1n) is 4.34. The van der Waals surface area contributed by atoms with Gasteiger partial charge in [0.15, 0.2) is 5.78 Å². The average molecular weight is 162 g/mol. The van der Waals surface area contributed by atoms with Gasteiger partial charge in [0.2, 0.25) is 0 Å². The summed E-state index contributed by atoms with van der Waals surface area (Å²) in [4.78, 5) is 11.0. The lowest BCUT2D eigenvalue weighted by Crippen LogP contribution is -1.93. The van der Waals surface area contributed by atoms with Gasteiger partial charge in [-0.2, -0.15) is 0 Å². The Bertz CT molecular complexity index is 275.